The molecule has 0 amide bonds. The van der Waals surface area contributed by atoms with Gasteiger partial charge in [-0.05, 0) is 45.0 Å². The fourth-order valence-corrected chi connectivity index (χ4v) is 3.10. The molecule has 0 saturated carbocycles. The standard InChI is InChI=1S/C11H15NO2S/c1-12(2)8-3-4-9-7(5-8)6-10(15-9)11(13)14/h6,8H,3-5H2,1-2H3,(H,13,14). The Morgan fingerprint density at radius 2 is 2.33 bits per heavy atom. The Bertz CT molecular complexity index is 384. The van der Waals surface area contributed by atoms with E-state index in [1.54, 1.807) is 0 Å². The van der Waals surface area contributed by atoms with Gasteiger partial charge in [0.2, 0.25) is 0 Å². The molecule has 0 radical (unpaired) electrons. The SMILES string of the molecule is CN(C)C1CCc2sc(C(=O)O)cc2C1. The van der Waals surface area contributed by atoms with Crippen LogP contribution in [0.4, 0.5) is 0 Å². The maximum absolute atomic E-state index is 10.8. The summed E-state index contributed by atoms with van der Waals surface area (Å²) in [5, 5.41) is 8.91. The van der Waals surface area contributed by atoms with Crippen LogP contribution < -0.4 is 0 Å². The Hall–Kier alpha value is -0.870. The van der Waals surface area contributed by atoms with Crippen LogP contribution in [0.25, 0.3) is 0 Å². The van der Waals surface area contributed by atoms with Gasteiger partial charge in [0.1, 0.15) is 4.88 Å². The van der Waals surface area contributed by atoms with Crippen LogP contribution in [-0.4, -0.2) is 36.1 Å². The number of hydrogen-bond acceptors (Lipinski definition) is 3. The molecule has 1 aliphatic rings. The monoisotopic (exact) mass is 225 g/mol. The molecule has 1 aromatic heterocycles. The second-order valence-electron chi connectivity index (χ2n) is 4.22. The van der Waals surface area contributed by atoms with Gasteiger partial charge in [0.15, 0.2) is 0 Å². The van der Waals surface area contributed by atoms with Crippen molar-refractivity contribution in [2.75, 3.05) is 14.1 Å². The molecule has 0 aromatic carbocycles. The summed E-state index contributed by atoms with van der Waals surface area (Å²) in [5.41, 5.74) is 1.24. The van der Waals surface area contributed by atoms with E-state index in [0.29, 0.717) is 10.9 Å². The Morgan fingerprint density at radius 3 is 2.93 bits per heavy atom. The van der Waals surface area contributed by atoms with E-state index in [-0.39, 0.29) is 0 Å². The van der Waals surface area contributed by atoms with Crippen molar-refractivity contribution < 1.29 is 9.90 Å². The van der Waals surface area contributed by atoms with Gasteiger partial charge in [-0.25, -0.2) is 4.79 Å². The molecule has 4 heteroatoms. The average molecular weight is 225 g/mol. The summed E-state index contributed by atoms with van der Waals surface area (Å²) in [5.74, 6) is -0.796. The van der Waals surface area contributed by atoms with E-state index in [1.807, 2.05) is 6.07 Å². The third kappa shape index (κ3) is 2.06. The number of thiophene rings is 1. The molecule has 82 valence electrons. The zero-order chi connectivity index (χ0) is 11.0. The first kappa shape index (κ1) is 10.6. The molecule has 1 N–H and O–H groups in total. The maximum atomic E-state index is 10.8. The van der Waals surface area contributed by atoms with Crippen molar-refractivity contribution in [3.63, 3.8) is 0 Å². The summed E-state index contributed by atoms with van der Waals surface area (Å²) in [7, 11) is 4.17. The number of aryl methyl sites for hydroxylation is 1. The van der Waals surface area contributed by atoms with Gasteiger partial charge in [-0.2, -0.15) is 0 Å². The van der Waals surface area contributed by atoms with E-state index in [2.05, 4.69) is 19.0 Å². The van der Waals surface area contributed by atoms with E-state index in [1.165, 1.54) is 21.8 Å². The van der Waals surface area contributed by atoms with Gasteiger partial charge in [0.05, 0.1) is 0 Å². The van der Waals surface area contributed by atoms with E-state index in [0.717, 1.165) is 19.3 Å². The van der Waals surface area contributed by atoms with Crippen LogP contribution in [0.1, 0.15) is 26.5 Å². The molecule has 1 aliphatic carbocycles. The summed E-state index contributed by atoms with van der Waals surface area (Å²) < 4.78 is 0. The highest BCUT2D eigenvalue weighted by Gasteiger charge is 2.23. The molecule has 1 unspecified atom stereocenters. The molecule has 0 spiro atoms. The second-order valence-corrected chi connectivity index (χ2v) is 5.36. The van der Waals surface area contributed by atoms with Crippen LogP contribution in [0.3, 0.4) is 0 Å². The van der Waals surface area contributed by atoms with Crippen molar-refractivity contribution in [2.45, 2.75) is 25.3 Å². The van der Waals surface area contributed by atoms with Crippen molar-refractivity contribution in [1.82, 2.24) is 4.90 Å². The first-order valence-electron chi connectivity index (χ1n) is 5.09. The zero-order valence-corrected chi connectivity index (χ0v) is 9.80. The lowest BCUT2D eigenvalue weighted by atomic mass is 9.93. The van der Waals surface area contributed by atoms with Gasteiger partial charge < -0.3 is 10.0 Å². The van der Waals surface area contributed by atoms with E-state index in [4.69, 9.17) is 5.11 Å². The number of nitrogens with zero attached hydrogens (tertiary/aromatic N) is 1. The molecule has 1 heterocycles. The fourth-order valence-electron chi connectivity index (χ4n) is 2.05. The number of aromatic carboxylic acids is 1. The summed E-state index contributed by atoms with van der Waals surface area (Å²) in [6.07, 6.45) is 3.15. The van der Waals surface area contributed by atoms with Crippen LogP contribution in [0.2, 0.25) is 0 Å². The highest BCUT2D eigenvalue weighted by atomic mass is 32.1. The van der Waals surface area contributed by atoms with E-state index >= 15 is 0 Å². The first-order valence-corrected chi connectivity index (χ1v) is 5.91. The van der Waals surface area contributed by atoms with Gasteiger partial charge in [-0.3, -0.25) is 0 Å². The molecule has 0 fully saturated rings. The second kappa shape index (κ2) is 3.94. The smallest absolute Gasteiger partial charge is 0.345 e. The third-order valence-corrected chi connectivity index (χ3v) is 4.22. The van der Waals surface area contributed by atoms with E-state index < -0.39 is 5.97 Å². The fraction of sp³-hybridized carbons (Fsp3) is 0.545. The molecule has 0 saturated heterocycles. The van der Waals surface area contributed by atoms with E-state index in [9.17, 15) is 4.79 Å². The molecule has 1 aromatic rings. The van der Waals surface area contributed by atoms with Gasteiger partial charge in [0, 0.05) is 10.9 Å². The van der Waals surface area contributed by atoms with Crippen LogP contribution in [0, 0.1) is 0 Å². The van der Waals surface area contributed by atoms with Crippen molar-refractivity contribution in [1.29, 1.82) is 0 Å². The first-order chi connectivity index (χ1) is 7.08. The minimum atomic E-state index is -0.796. The molecule has 2 rings (SSSR count). The predicted molar refractivity (Wildman–Crippen MR) is 60.8 cm³/mol. The average Bonchev–Trinajstić information content (AvgIpc) is 2.59. The summed E-state index contributed by atoms with van der Waals surface area (Å²) in [6.45, 7) is 0. The molecule has 0 bridgehead atoms. The van der Waals surface area contributed by atoms with Crippen LogP contribution in [0.5, 0.6) is 0 Å². The summed E-state index contributed by atoms with van der Waals surface area (Å²) >= 11 is 1.44. The van der Waals surface area contributed by atoms with Crippen molar-refractivity contribution in [2.24, 2.45) is 0 Å². The van der Waals surface area contributed by atoms with Gasteiger partial charge >= 0.3 is 5.97 Å². The molecule has 3 nitrogen and oxygen atoms in total. The van der Waals surface area contributed by atoms with Crippen LogP contribution in [0.15, 0.2) is 6.07 Å². The lowest BCUT2D eigenvalue weighted by molar-refractivity contribution is 0.0702. The maximum Gasteiger partial charge on any atom is 0.345 e. The number of likely N-dealkylation sites (N-methyl/N-ethyl adjacent to an activating group) is 1. The van der Waals surface area contributed by atoms with Crippen molar-refractivity contribution >= 4 is 17.3 Å². The topological polar surface area (TPSA) is 40.5 Å². The molecule has 15 heavy (non-hydrogen) atoms. The van der Waals surface area contributed by atoms with Gasteiger partial charge in [-0.1, -0.05) is 0 Å². The highest BCUT2D eigenvalue weighted by molar-refractivity contribution is 7.14. The zero-order valence-electron chi connectivity index (χ0n) is 8.99. The Kier molecular flexibility index (Phi) is 2.80. The number of fused-ring (bicyclic) bond motifs is 1. The Morgan fingerprint density at radius 1 is 1.60 bits per heavy atom. The largest absolute Gasteiger partial charge is 0.477 e. The molecule has 0 aliphatic heterocycles. The number of hydrogen-bond donors (Lipinski definition) is 1. The van der Waals surface area contributed by atoms with Crippen molar-refractivity contribution in [3.05, 3.63) is 21.4 Å². The number of carbonyl (C=O) groups is 1. The number of carboxylic acid groups (broad SMARTS) is 1. The van der Waals surface area contributed by atoms with Crippen LogP contribution in [-0.2, 0) is 12.8 Å². The molecular weight excluding hydrogens is 210 g/mol. The summed E-state index contributed by atoms with van der Waals surface area (Å²) in [4.78, 5) is 14.8. The quantitative estimate of drug-likeness (QED) is 0.835. The Labute approximate surface area is 93.3 Å². The van der Waals surface area contributed by atoms with Crippen LogP contribution >= 0.6 is 11.3 Å². The normalized spacial score (nSPS) is 20.3. The predicted octanol–water partition coefficient (Wildman–Crippen LogP) is 1.87. The van der Waals surface area contributed by atoms with Gasteiger partial charge in [0.25, 0.3) is 0 Å². The lowest BCUT2D eigenvalue weighted by Crippen LogP contribution is -2.32. The minimum Gasteiger partial charge on any atom is -0.477 e. The molecular formula is C11H15NO2S. The summed E-state index contributed by atoms with van der Waals surface area (Å²) in [6, 6.07) is 2.41. The number of carboxylic acids is 1. The third-order valence-electron chi connectivity index (χ3n) is 3.00. The minimum absolute atomic E-state index is 0.486. The highest BCUT2D eigenvalue weighted by Crippen LogP contribution is 2.30. The number of rotatable bonds is 2. The Balaban J connectivity index is 2.23. The van der Waals surface area contributed by atoms with Gasteiger partial charge in [-0.15, -0.1) is 11.3 Å². The lowest BCUT2D eigenvalue weighted by Gasteiger charge is -2.27. The molecule has 1 atom stereocenters. The van der Waals surface area contributed by atoms with Crippen molar-refractivity contribution in [3.8, 4) is 0 Å².